The number of ether oxygens (including phenoxy) is 1. The first kappa shape index (κ1) is 18.2. The van der Waals surface area contributed by atoms with Gasteiger partial charge in [-0.2, -0.15) is 0 Å². The summed E-state index contributed by atoms with van der Waals surface area (Å²) in [5.41, 5.74) is 3.00. The van der Waals surface area contributed by atoms with Crippen LogP contribution >= 0.6 is 15.9 Å². The Morgan fingerprint density at radius 1 is 1.16 bits per heavy atom. The van der Waals surface area contributed by atoms with Crippen LogP contribution in [0.5, 0.6) is 0 Å². The third kappa shape index (κ3) is 4.71. The third-order valence-electron chi connectivity index (χ3n) is 4.01. The van der Waals surface area contributed by atoms with E-state index in [1.807, 2.05) is 30.6 Å². The predicted octanol–water partition coefficient (Wildman–Crippen LogP) is 5.85. The minimum atomic E-state index is -1.06. The molecule has 0 atom stereocenters. The fourth-order valence-electron chi connectivity index (χ4n) is 2.55. The summed E-state index contributed by atoms with van der Waals surface area (Å²) < 4.78 is 8.88. The van der Waals surface area contributed by atoms with Crippen molar-refractivity contribution in [1.82, 2.24) is 9.55 Å². The van der Waals surface area contributed by atoms with Crippen LogP contribution < -0.4 is 5.32 Å². The molecule has 0 saturated heterocycles. The van der Waals surface area contributed by atoms with E-state index in [9.17, 15) is 0 Å². The number of rotatable bonds is 7. The molecule has 2 heterocycles. The fourth-order valence-corrected chi connectivity index (χ4v) is 3.72. The highest BCUT2D eigenvalue weighted by atomic mass is 79.9. The van der Waals surface area contributed by atoms with Crippen molar-refractivity contribution in [3.63, 3.8) is 0 Å². The van der Waals surface area contributed by atoms with Gasteiger partial charge in [-0.15, -0.1) is 0 Å². The summed E-state index contributed by atoms with van der Waals surface area (Å²) in [6, 6.07) is 13.4. The first-order valence-corrected chi connectivity index (χ1v) is 13.0. The second-order valence-electron chi connectivity index (χ2n) is 7.34. The van der Waals surface area contributed by atoms with Crippen LogP contribution in [0.25, 0.3) is 11.0 Å². The molecule has 3 rings (SSSR count). The van der Waals surface area contributed by atoms with Crippen LogP contribution in [0.4, 0.5) is 11.4 Å². The molecule has 0 aliphatic heterocycles. The molecule has 1 N–H and O–H groups in total. The summed E-state index contributed by atoms with van der Waals surface area (Å²) in [4.78, 5) is 4.58. The van der Waals surface area contributed by atoms with E-state index in [2.05, 4.69) is 68.6 Å². The van der Waals surface area contributed by atoms with E-state index in [1.165, 1.54) is 6.04 Å². The molecule has 3 aromatic rings. The van der Waals surface area contributed by atoms with Crippen LogP contribution in [0, 0.1) is 0 Å². The molecule has 0 spiro atoms. The Kier molecular flexibility index (Phi) is 5.61. The lowest BCUT2D eigenvalue weighted by Crippen LogP contribution is -2.22. The molecule has 2 aromatic heterocycles. The standard InChI is InChI=1S/C19H24BrN3OSi/c1-25(2,3)12-11-24-14-23-10-9-16-18(17(20)13-21-19(16)23)22-15-7-5-4-6-8-15/h4-10,13H,11-12,14H2,1-3H3,(H,21,22). The van der Waals surface area contributed by atoms with E-state index in [0.717, 1.165) is 33.5 Å². The zero-order chi connectivity index (χ0) is 17.9. The smallest absolute Gasteiger partial charge is 0.143 e. The predicted molar refractivity (Wildman–Crippen MR) is 111 cm³/mol. The number of pyridine rings is 1. The number of anilines is 2. The van der Waals surface area contributed by atoms with Crippen molar-refractivity contribution in [2.24, 2.45) is 0 Å². The Balaban J connectivity index is 1.78. The van der Waals surface area contributed by atoms with Gasteiger partial charge in [0.05, 0.1) is 10.2 Å². The van der Waals surface area contributed by atoms with E-state index in [-0.39, 0.29) is 0 Å². The van der Waals surface area contributed by atoms with Crippen molar-refractivity contribution in [3.8, 4) is 0 Å². The second-order valence-corrected chi connectivity index (χ2v) is 13.8. The zero-order valence-electron chi connectivity index (χ0n) is 14.9. The van der Waals surface area contributed by atoms with Gasteiger partial charge in [0.1, 0.15) is 12.4 Å². The molecule has 0 bridgehead atoms. The Labute approximate surface area is 158 Å². The number of hydrogen-bond donors (Lipinski definition) is 1. The van der Waals surface area contributed by atoms with Gasteiger partial charge in [-0.3, -0.25) is 0 Å². The number of para-hydroxylation sites is 1. The minimum Gasteiger partial charge on any atom is -0.361 e. The first-order chi connectivity index (χ1) is 11.9. The Morgan fingerprint density at radius 3 is 2.64 bits per heavy atom. The van der Waals surface area contributed by atoms with Gasteiger partial charge in [-0.25, -0.2) is 4.98 Å². The molecule has 0 aliphatic carbocycles. The fraction of sp³-hybridized carbons (Fsp3) is 0.316. The summed E-state index contributed by atoms with van der Waals surface area (Å²) in [5.74, 6) is 0. The van der Waals surface area contributed by atoms with E-state index in [1.54, 1.807) is 0 Å². The van der Waals surface area contributed by atoms with Gasteiger partial charge in [0.2, 0.25) is 0 Å². The van der Waals surface area contributed by atoms with E-state index in [4.69, 9.17) is 4.74 Å². The number of hydrogen-bond acceptors (Lipinski definition) is 3. The maximum atomic E-state index is 5.88. The molecule has 132 valence electrons. The summed E-state index contributed by atoms with van der Waals surface area (Å²) in [6.07, 6.45) is 3.88. The van der Waals surface area contributed by atoms with Gasteiger partial charge in [0.15, 0.2) is 0 Å². The van der Waals surface area contributed by atoms with Gasteiger partial charge >= 0.3 is 0 Å². The molecule has 4 nitrogen and oxygen atoms in total. The van der Waals surface area contributed by atoms with Crippen LogP contribution in [0.15, 0.2) is 53.3 Å². The maximum absolute atomic E-state index is 5.88. The number of fused-ring (bicyclic) bond motifs is 1. The SMILES string of the molecule is C[Si](C)(C)CCOCn1ccc2c(Nc3ccccc3)c(Br)cnc21. The van der Waals surface area contributed by atoms with Crippen molar-refractivity contribution >= 4 is 46.4 Å². The largest absolute Gasteiger partial charge is 0.361 e. The van der Waals surface area contributed by atoms with Crippen LogP contribution in [-0.4, -0.2) is 24.2 Å². The van der Waals surface area contributed by atoms with Crippen molar-refractivity contribution in [3.05, 3.63) is 53.3 Å². The molecule has 25 heavy (non-hydrogen) atoms. The highest BCUT2D eigenvalue weighted by Gasteiger charge is 2.13. The van der Waals surface area contributed by atoms with Gasteiger partial charge in [0, 0.05) is 38.1 Å². The van der Waals surface area contributed by atoms with Gasteiger partial charge < -0.3 is 14.6 Å². The summed E-state index contributed by atoms with van der Waals surface area (Å²) >= 11 is 3.61. The molecule has 0 radical (unpaired) electrons. The lowest BCUT2D eigenvalue weighted by molar-refractivity contribution is 0.0899. The van der Waals surface area contributed by atoms with Crippen molar-refractivity contribution in [1.29, 1.82) is 0 Å². The normalized spacial score (nSPS) is 11.8. The number of benzene rings is 1. The first-order valence-electron chi connectivity index (χ1n) is 8.47. The lowest BCUT2D eigenvalue weighted by Gasteiger charge is -2.16. The molecular weight excluding hydrogens is 394 g/mol. The molecule has 0 amide bonds. The summed E-state index contributed by atoms with van der Waals surface area (Å²) in [5, 5.41) is 4.56. The Hall–Kier alpha value is -1.63. The topological polar surface area (TPSA) is 39.1 Å². The summed E-state index contributed by atoms with van der Waals surface area (Å²) in [7, 11) is -1.06. The average Bonchev–Trinajstić information content (AvgIpc) is 2.98. The van der Waals surface area contributed by atoms with Crippen molar-refractivity contribution in [2.75, 3.05) is 11.9 Å². The van der Waals surface area contributed by atoms with Crippen LogP contribution in [0.3, 0.4) is 0 Å². The quantitative estimate of drug-likeness (QED) is 0.386. The van der Waals surface area contributed by atoms with E-state index in [0.29, 0.717) is 6.73 Å². The molecule has 0 aliphatic rings. The molecule has 1 aromatic carbocycles. The number of halogens is 1. The van der Waals surface area contributed by atoms with Crippen LogP contribution in [0.1, 0.15) is 0 Å². The lowest BCUT2D eigenvalue weighted by atomic mass is 10.2. The Morgan fingerprint density at radius 2 is 1.92 bits per heavy atom. The van der Waals surface area contributed by atoms with Crippen LogP contribution in [-0.2, 0) is 11.5 Å². The second kappa shape index (κ2) is 7.72. The summed E-state index contributed by atoms with van der Waals surface area (Å²) in [6.45, 7) is 8.43. The monoisotopic (exact) mass is 417 g/mol. The third-order valence-corrected chi connectivity index (χ3v) is 6.32. The van der Waals surface area contributed by atoms with Crippen LogP contribution in [0.2, 0.25) is 25.7 Å². The number of aromatic nitrogens is 2. The van der Waals surface area contributed by atoms with Gasteiger partial charge in [-0.05, 0) is 40.2 Å². The van der Waals surface area contributed by atoms with Gasteiger partial charge in [-0.1, -0.05) is 37.8 Å². The number of nitrogens with zero attached hydrogens (tertiary/aromatic N) is 2. The molecule has 6 heteroatoms. The zero-order valence-corrected chi connectivity index (χ0v) is 17.5. The van der Waals surface area contributed by atoms with Gasteiger partial charge in [0.25, 0.3) is 0 Å². The van der Waals surface area contributed by atoms with E-state index >= 15 is 0 Å². The maximum Gasteiger partial charge on any atom is 0.143 e. The highest BCUT2D eigenvalue weighted by molar-refractivity contribution is 9.10. The molecular formula is C19H24BrN3OSi. The van der Waals surface area contributed by atoms with E-state index < -0.39 is 8.07 Å². The number of nitrogens with one attached hydrogen (secondary N) is 1. The van der Waals surface area contributed by atoms with Crippen molar-refractivity contribution in [2.45, 2.75) is 32.4 Å². The average molecular weight is 418 g/mol. The minimum absolute atomic E-state index is 0.535. The van der Waals surface area contributed by atoms with Crippen molar-refractivity contribution < 1.29 is 4.74 Å². The Bertz CT molecular complexity index is 843. The molecule has 0 fully saturated rings. The molecule has 0 unspecified atom stereocenters. The highest BCUT2D eigenvalue weighted by Crippen LogP contribution is 2.33. The molecule has 0 saturated carbocycles.